The van der Waals surface area contributed by atoms with Crippen molar-refractivity contribution in [3.63, 3.8) is 0 Å². The van der Waals surface area contributed by atoms with Gasteiger partial charge in [0.25, 0.3) is 0 Å². The highest BCUT2D eigenvalue weighted by Crippen LogP contribution is 2.45. The van der Waals surface area contributed by atoms with E-state index in [-0.39, 0.29) is 24.3 Å². The maximum absolute atomic E-state index is 12.7. The summed E-state index contributed by atoms with van der Waals surface area (Å²) in [6, 6.07) is 3.93. The predicted octanol–water partition coefficient (Wildman–Crippen LogP) is 5.05. The van der Waals surface area contributed by atoms with Gasteiger partial charge in [-0.15, -0.1) is 5.10 Å². The van der Waals surface area contributed by atoms with E-state index in [1.165, 1.54) is 19.3 Å². The van der Waals surface area contributed by atoms with Crippen LogP contribution in [0.5, 0.6) is 5.75 Å². The number of carbonyl (C=O) groups excluding carboxylic acids is 1. The molecule has 2 saturated carbocycles. The number of rotatable bonds is 9. The summed E-state index contributed by atoms with van der Waals surface area (Å²) in [5, 5.41) is 8.49. The van der Waals surface area contributed by atoms with E-state index in [9.17, 15) is 4.79 Å². The van der Waals surface area contributed by atoms with Gasteiger partial charge >= 0.3 is 6.09 Å². The van der Waals surface area contributed by atoms with Crippen LogP contribution in [0.15, 0.2) is 12.1 Å². The highest BCUT2D eigenvalue weighted by Gasteiger charge is 2.48. The van der Waals surface area contributed by atoms with Crippen molar-refractivity contribution in [2.45, 2.75) is 96.3 Å². The van der Waals surface area contributed by atoms with E-state index in [0.717, 1.165) is 67.8 Å². The maximum Gasteiger partial charge on any atom is 0.410 e. The summed E-state index contributed by atoms with van der Waals surface area (Å²) in [5.74, 6) is 0.859. The molecule has 2 aliphatic carbocycles. The third-order valence-electron chi connectivity index (χ3n) is 7.16. The van der Waals surface area contributed by atoms with Gasteiger partial charge < -0.3 is 14.4 Å². The molecule has 2 aromatic rings. The Labute approximate surface area is 196 Å². The van der Waals surface area contributed by atoms with E-state index >= 15 is 0 Å². The van der Waals surface area contributed by atoms with E-state index in [0.29, 0.717) is 5.69 Å². The van der Waals surface area contributed by atoms with E-state index < -0.39 is 0 Å². The molecule has 180 valence electrons. The Balaban J connectivity index is 1.47. The lowest BCUT2D eigenvalue weighted by molar-refractivity contribution is 0.0824. The summed E-state index contributed by atoms with van der Waals surface area (Å²) in [6.07, 6.45) is 10.9. The van der Waals surface area contributed by atoms with Gasteiger partial charge in [0.1, 0.15) is 23.7 Å². The van der Waals surface area contributed by atoms with Crippen LogP contribution in [0.25, 0.3) is 11.4 Å². The molecule has 2 fully saturated rings. The fourth-order valence-electron chi connectivity index (χ4n) is 4.86. The van der Waals surface area contributed by atoms with Gasteiger partial charge in [0.15, 0.2) is 0 Å². The summed E-state index contributed by atoms with van der Waals surface area (Å²) in [6.45, 7) is 4.34. The standard InChI is InChI=1S/C25H37N5O3/c1-5-14-25(15-16-25)29(3)24(31)32-17-21-23(27-28-30(21)4)20-12-13-22(19(6-2)26-20)33-18-10-8-7-9-11-18/h12-13,18H,5-11,14-17H2,1-4H3. The van der Waals surface area contributed by atoms with Crippen molar-refractivity contribution in [3.05, 3.63) is 23.5 Å². The SMILES string of the molecule is CCCC1(N(C)C(=O)OCc2c(-c3ccc(OC4CCCCC4)c(CC)n3)nnn2C)CC1. The lowest BCUT2D eigenvalue weighted by Crippen LogP contribution is -2.39. The Hall–Kier alpha value is -2.64. The average molecular weight is 456 g/mol. The largest absolute Gasteiger partial charge is 0.489 e. The van der Waals surface area contributed by atoms with Crippen molar-refractivity contribution < 1.29 is 14.3 Å². The van der Waals surface area contributed by atoms with Gasteiger partial charge in [-0.2, -0.15) is 0 Å². The summed E-state index contributed by atoms with van der Waals surface area (Å²) in [4.78, 5) is 19.3. The van der Waals surface area contributed by atoms with Gasteiger partial charge in [-0.1, -0.05) is 31.9 Å². The van der Waals surface area contributed by atoms with Crippen molar-refractivity contribution >= 4 is 6.09 Å². The van der Waals surface area contributed by atoms with E-state index in [2.05, 4.69) is 24.2 Å². The number of nitrogens with zero attached hydrogens (tertiary/aromatic N) is 5. The summed E-state index contributed by atoms with van der Waals surface area (Å²) in [7, 11) is 3.65. The lowest BCUT2D eigenvalue weighted by atomic mass is 9.98. The van der Waals surface area contributed by atoms with Crippen LogP contribution in [0.3, 0.4) is 0 Å². The summed E-state index contributed by atoms with van der Waals surface area (Å²) in [5.41, 5.74) is 2.99. The van der Waals surface area contributed by atoms with Crippen molar-refractivity contribution in [2.75, 3.05) is 7.05 Å². The zero-order valence-corrected chi connectivity index (χ0v) is 20.5. The smallest absolute Gasteiger partial charge is 0.410 e. The quantitative estimate of drug-likeness (QED) is 0.526. The molecule has 0 N–H and O–H groups in total. The molecule has 0 radical (unpaired) electrons. The average Bonchev–Trinajstić information content (AvgIpc) is 3.53. The number of carbonyl (C=O) groups is 1. The Kier molecular flexibility index (Phi) is 7.20. The Bertz CT molecular complexity index is 963. The molecule has 2 aromatic heterocycles. The first-order valence-electron chi connectivity index (χ1n) is 12.4. The minimum Gasteiger partial charge on any atom is -0.489 e. The predicted molar refractivity (Wildman–Crippen MR) is 126 cm³/mol. The van der Waals surface area contributed by atoms with Gasteiger partial charge in [0.05, 0.1) is 17.5 Å². The zero-order valence-electron chi connectivity index (χ0n) is 20.5. The second-order valence-electron chi connectivity index (χ2n) is 9.47. The number of aryl methyl sites for hydroxylation is 2. The molecule has 0 spiro atoms. The summed E-state index contributed by atoms with van der Waals surface area (Å²) >= 11 is 0. The molecule has 0 atom stereocenters. The molecule has 0 aromatic carbocycles. The van der Waals surface area contributed by atoms with Crippen LogP contribution in [0.1, 0.15) is 83.0 Å². The number of pyridine rings is 1. The maximum atomic E-state index is 12.7. The molecule has 4 rings (SSSR count). The molecule has 8 heteroatoms. The van der Waals surface area contributed by atoms with Gasteiger partial charge in [-0.05, 0) is 63.5 Å². The number of hydrogen-bond donors (Lipinski definition) is 0. The fourth-order valence-corrected chi connectivity index (χ4v) is 4.86. The van der Waals surface area contributed by atoms with Crippen LogP contribution in [-0.2, 0) is 24.8 Å². The molecule has 0 aliphatic heterocycles. The van der Waals surface area contributed by atoms with E-state index in [1.807, 2.05) is 26.2 Å². The Morgan fingerprint density at radius 2 is 1.97 bits per heavy atom. The van der Waals surface area contributed by atoms with Crippen molar-refractivity contribution in [2.24, 2.45) is 7.05 Å². The molecule has 33 heavy (non-hydrogen) atoms. The van der Waals surface area contributed by atoms with Gasteiger partial charge in [-0.25, -0.2) is 14.5 Å². The van der Waals surface area contributed by atoms with E-state index in [1.54, 1.807) is 9.58 Å². The second-order valence-corrected chi connectivity index (χ2v) is 9.47. The second kappa shape index (κ2) is 10.1. The normalized spacial score (nSPS) is 17.6. The van der Waals surface area contributed by atoms with Gasteiger partial charge in [0, 0.05) is 19.6 Å². The monoisotopic (exact) mass is 455 g/mol. The third kappa shape index (κ3) is 5.14. The van der Waals surface area contributed by atoms with Crippen molar-refractivity contribution in [1.82, 2.24) is 24.9 Å². The third-order valence-corrected chi connectivity index (χ3v) is 7.16. The van der Waals surface area contributed by atoms with Crippen LogP contribution in [0, 0.1) is 0 Å². The van der Waals surface area contributed by atoms with Crippen LogP contribution in [0.4, 0.5) is 4.79 Å². The number of ether oxygens (including phenoxy) is 2. The topological polar surface area (TPSA) is 82.4 Å². The molecule has 1 amide bonds. The Morgan fingerprint density at radius 3 is 2.64 bits per heavy atom. The van der Waals surface area contributed by atoms with Crippen molar-refractivity contribution in [3.8, 4) is 17.1 Å². The molecule has 8 nitrogen and oxygen atoms in total. The van der Waals surface area contributed by atoms with Crippen LogP contribution >= 0.6 is 0 Å². The molecular formula is C25H37N5O3. The van der Waals surface area contributed by atoms with Crippen LogP contribution < -0.4 is 4.74 Å². The van der Waals surface area contributed by atoms with Gasteiger partial charge in [0.2, 0.25) is 0 Å². The zero-order chi connectivity index (χ0) is 23.4. The first kappa shape index (κ1) is 23.5. The number of hydrogen-bond acceptors (Lipinski definition) is 6. The molecule has 0 bridgehead atoms. The van der Waals surface area contributed by atoms with Crippen molar-refractivity contribution in [1.29, 1.82) is 0 Å². The Morgan fingerprint density at radius 1 is 1.21 bits per heavy atom. The highest BCUT2D eigenvalue weighted by molar-refractivity contribution is 5.69. The van der Waals surface area contributed by atoms with E-state index in [4.69, 9.17) is 14.5 Å². The van der Waals surface area contributed by atoms with Gasteiger partial charge in [-0.3, -0.25) is 0 Å². The fraction of sp³-hybridized carbons (Fsp3) is 0.680. The molecule has 0 saturated heterocycles. The molecular weight excluding hydrogens is 418 g/mol. The molecule has 0 unspecified atom stereocenters. The molecule has 2 aliphatic rings. The minimum atomic E-state index is -0.300. The minimum absolute atomic E-state index is 0.0227. The number of amides is 1. The molecule has 2 heterocycles. The van der Waals surface area contributed by atoms with Crippen LogP contribution in [0.2, 0.25) is 0 Å². The first-order chi connectivity index (χ1) is 16.0. The van der Waals surface area contributed by atoms with Crippen LogP contribution in [-0.4, -0.2) is 49.7 Å². The number of aromatic nitrogens is 4. The first-order valence-corrected chi connectivity index (χ1v) is 12.4. The lowest BCUT2D eigenvalue weighted by Gasteiger charge is -2.27. The highest BCUT2D eigenvalue weighted by atomic mass is 16.6. The summed E-state index contributed by atoms with van der Waals surface area (Å²) < 4.78 is 13.6.